The van der Waals surface area contributed by atoms with Gasteiger partial charge in [0.2, 0.25) is 23.6 Å². The Labute approximate surface area is 230 Å². The maximum atomic E-state index is 13.1. The quantitative estimate of drug-likeness (QED) is 0.169. The second kappa shape index (κ2) is 12.1. The predicted octanol–water partition coefficient (Wildman–Crippen LogP) is 3.57. The number of unbranched alkanes of at least 4 members (excludes halogenated alkanes) is 1. The number of aromatic nitrogens is 5. The van der Waals surface area contributed by atoms with E-state index >= 15 is 0 Å². The van der Waals surface area contributed by atoms with Crippen molar-refractivity contribution < 1.29 is 41.1 Å². The van der Waals surface area contributed by atoms with Crippen LogP contribution >= 0.6 is 0 Å². The third-order valence-electron chi connectivity index (χ3n) is 5.45. The lowest BCUT2D eigenvalue weighted by molar-refractivity contribution is 0.0594. The first-order valence-electron chi connectivity index (χ1n) is 12.1. The SMILES string of the molecule is CCCCOCC(NC(=O)c1coc(-c2coc(-c3coc(C#N)n3)n2)n1)c1nc(-c2nc(C(=O)OC)co2)co1. The number of esters is 1. The standard InChI is InChI=1S/C25H21N7O9/c1-3-4-5-36-7-14(21-30-17(11-39-21)24-32-18(12-41-24)25(34)35-2)28-20(33)13-8-38-23(29-13)16-10-40-22(31-16)15-9-37-19(6-26)27-15/h8-12,14H,3-5,7H2,1-2H3,(H,28,33). The topological polar surface area (TPSA) is 219 Å². The van der Waals surface area contributed by atoms with Gasteiger partial charge >= 0.3 is 11.9 Å². The summed E-state index contributed by atoms with van der Waals surface area (Å²) in [5, 5.41) is 11.6. The Hall–Kier alpha value is -5.56. The van der Waals surface area contributed by atoms with E-state index < -0.39 is 17.9 Å². The summed E-state index contributed by atoms with van der Waals surface area (Å²) in [5.74, 6) is -1.20. The molecule has 1 unspecified atom stereocenters. The zero-order valence-corrected chi connectivity index (χ0v) is 21.7. The molecule has 1 amide bonds. The lowest BCUT2D eigenvalue weighted by Gasteiger charge is -2.15. The van der Waals surface area contributed by atoms with Crippen molar-refractivity contribution in [3.8, 4) is 40.8 Å². The van der Waals surface area contributed by atoms with E-state index in [4.69, 9.17) is 32.1 Å². The van der Waals surface area contributed by atoms with Crippen molar-refractivity contribution in [1.29, 1.82) is 5.26 Å². The van der Waals surface area contributed by atoms with Crippen LogP contribution in [0.15, 0.2) is 53.4 Å². The molecule has 0 radical (unpaired) electrons. The van der Waals surface area contributed by atoms with Crippen LogP contribution in [0.4, 0.5) is 0 Å². The molecule has 0 fully saturated rings. The van der Waals surface area contributed by atoms with Crippen LogP contribution in [0.3, 0.4) is 0 Å². The van der Waals surface area contributed by atoms with Gasteiger partial charge in [0.05, 0.1) is 13.7 Å². The molecule has 5 heterocycles. The zero-order chi connectivity index (χ0) is 28.8. The van der Waals surface area contributed by atoms with Gasteiger partial charge in [0.1, 0.15) is 37.4 Å². The molecule has 0 aromatic carbocycles. The van der Waals surface area contributed by atoms with E-state index in [0.29, 0.717) is 6.61 Å². The fraction of sp³-hybridized carbons (Fsp3) is 0.280. The molecule has 5 aromatic rings. The molecule has 16 heteroatoms. The van der Waals surface area contributed by atoms with Crippen LogP contribution < -0.4 is 5.32 Å². The van der Waals surface area contributed by atoms with Crippen molar-refractivity contribution in [2.24, 2.45) is 0 Å². The lowest BCUT2D eigenvalue weighted by Crippen LogP contribution is -2.32. The van der Waals surface area contributed by atoms with Crippen LogP contribution in [0.25, 0.3) is 34.8 Å². The molecule has 41 heavy (non-hydrogen) atoms. The minimum atomic E-state index is -0.816. The smallest absolute Gasteiger partial charge is 0.360 e. The summed E-state index contributed by atoms with van der Waals surface area (Å²) in [4.78, 5) is 45.4. The van der Waals surface area contributed by atoms with Gasteiger partial charge in [-0.1, -0.05) is 13.3 Å². The minimum Gasteiger partial charge on any atom is -0.464 e. The molecule has 0 saturated heterocycles. The van der Waals surface area contributed by atoms with Crippen molar-refractivity contribution in [3.05, 3.63) is 54.5 Å². The zero-order valence-electron chi connectivity index (χ0n) is 21.7. The second-order valence-electron chi connectivity index (χ2n) is 8.28. The molecule has 0 spiro atoms. The van der Waals surface area contributed by atoms with E-state index in [-0.39, 0.29) is 64.5 Å². The number of ether oxygens (including phenoxy) is 2. The molecule has 1 N–H and O–H groups in total. The van der Waals surface area contributed by atoms with Crippen molar-refractivity contribution in [2.45, 2.75) is 25.8 Å². The number of oxazole rings is 5. The van der Waals surface area contributed by atoms with E-state index in [1.807, 2.05) is 6.92 Å². The molecule has 0 saturated carbocycles. The van der Waals surface area contributed by atoms with Crippen LogP contribution in [0.2, 0.25) is 0 Å². The number of amides is 1. The molecular weight excluding hydrogens is 542 g/mol. The van der Waals surface area contributed by atoms with Gasteiger partial charge in [0.25, 0.3) is 5.91 Å². The summed E-state index contributed by atoms with van der Waals surface area (Å²) in [6, 6.07) is 0.951. The highest BCUT2D eigenvalue weighted by Gasteiger charge is 2.26. The fourth-order valence-electron chi connectivity index (χ4n) is 3.40. The monoisotopic (exact) mass is 563 g/mol. The highest BCUT2D eigenvalue weighted by molar-refractivity contribution is 5.92. The van der Waals surface area contributed by atoms with Gasteiger partial charge in [-0.05, 0) is 6.42 Å². The molecule has 0 aliphatic rings. The molecule has 16 nitrogen and oxygen atoms in total. The van der Waals surface area contributed by atoms with Crippen LogP contribution in [-0.4, -0.2) is 57.1 Å². The van der Waals surface area contributed by atoms with Crippen molar-refractivity contribution in [3.63, 3.8) is 0 Å². The molecular formula is C25H21N7O9. The van der Waals surface area contributed by atoms with Crippen molar-refractivity contribution >= 4 is 11.9 Å². The van der Waals surface area contributed by atoms with Crippen LogP contribution in [0.5, 0.6) is 0 Å². The molecule has 1 atom stereocenters. The van der Waals surface area contributed by atoms with Gasteiger partial charge < -0.3 is 36.9 Å². The van der Waals surface area contributed by atoms with Crippen LogP contribution in [0.1, 0.15) is 58.6 Å². The third kappa shape index (κ3) is 6.04. The minimum absolute atomic E-state index is 0.00797. The van der Waals surface area contributed by atoms with Gasteiger partial charge in [-0.15, -0.1) is 0 Å². The average molecular weight is 563 g/mol. The number of nitrogens with one attached hydrogen (secondary N) is 1. The first-order chi connectivity index (χ1) is 20.0. The first-order valence-corrected chi connectivity index (χ1v) is 12.1. The van der Waals surface area contributed by atoms with E-state index in [2.05, 4.69) is 35.0 Å². The second-order valence-corrected chi connectivity index (χ2v) is 8.28. The number of nitrogens with zero attached hydrogens (tertiary/aromatic N) is 6. The maximum absolute atomic E-state index is 13.1. The molecule has 210 valence electrons. The Morgan fingerprint density at radius 3 is 2.24 bits per heavy atom. The molecule has 0 aliphatic carbocycles. The number of carbonyl (C=O) groups is 2. The summed E-state index contributed by atoms with van der Waals surface area (Å²) in [6.45, 7) is 2.53. The normalized spacial score (nSPS) is 11.7. The highest BCUT2D eigenvalue weighted by atomic mass is 16.5. The fourth-order valence-corrected chi connectivity index (χ4v) is 3.40. The Kier molecular flexibility index (Phi) is 7.97. The molecule has 0 aliphatic heterocycles. The van der Waals surface area contributed by atoms with E-state index in [9.17, 15) is 9.59 Å². The van der Waals surface area contributed by atoms with Gasteiger partial charge in [-0.2, -0.15) is 10.2 Å². The van der Waals surface area contributed by atoms with Crippen molar-refractivity contribution in [1.82, 2.24) is 30.2 Å². The van der Waals surface area contributed by atoms with Gasteiger partial charge in [0, 0.05) is 6.61 Å². The number of hydrogen-bond acceptors (Lipinski definition) is 15. The van der Waals surface area contributed by atoms with Gasteiger partial charge in [-0.3, -0.25) is 4.79 Å². The summed E-state index contributed by atoms with van der Waals surface area (Å²) >= 11 is 0. The Balaban J connectivity index is 1.30. The number of methoxy groups -OCH3 is 1. The molecule has 5 rings (SSSR count). The van der Waals surface area contributed by atoms with E-state index in [1.165, 1.54) is 25.9 Å². The number of nitriles is 1. The average Bonchev–Trinajstić information content (AvgIpc) is 3.81. The predicted molar refractivity (Wildman–Crippen MR) is 131 cm³/mol. The first kappa shape index (κ1) is 27.0. The highest BCUT2D eigenvalue weighted by Crippen LogP contribution is 2.25. The van der Waals surface area contributed by atoms with E-state index in [1.54, 1.807) is 6.07 Å². The number of rotatable bonds is 12. The van der Waals surface area contributed by atoms with E-state index in [0.717, 1.165) is 25.4 Å². The van der Waals surface area contributed by atoms with Crippen LogP contribution in [-0.2, 0) is 9.47 Å². The molecule has 5 aromatic heterocycles. The number of hydrogen-bond donors (Lipinski definition) is 1. The van der Waals surface area contributed by atoms with Crippen molar-refractivity contribution in [2.75, 3.05) is 20.3 Å². The molecule has 0 bridgehead atoms. The van der Waals surface area contributed by atoms with Gasteiger partial charge in [0.15, 0.2) is 34.5 Å². The Morgan fingerprint density at radius 1 is 0.878 bits per heavy atom. The summed E-state index contributed by atoms with van der Waals surface area (Å²) in [6.07, 6.45) is 7.79. The lowest BCUT2D eigenvalue weighted by atomic mass is 10.3. The van der Waals surface area contributed by atoms with Crippen LogP contribution in [0, 0.1) is 11.3 Å². The maximum Gasteiger partial charge on any atom is 0.360 e. The Bertz CT molecular complexity index is 1690. The Morgan fingerprint density at radius 2 is 1.51 bits per heavy atom. The summed E-state index contributed by atoms with van der Waals surface area (Å²) < 4.78 is 37.0. The summed E-state index contributed by atoms with van der Waals surface area (Å²) in [7, 11) is 1.22. The third-order valence-corrected chi connectivity index (χ3v) is 5.45. The van der Waals surface area contributed by atoms with Gasteiger partial charge in [-0.25, -0.2) is 24.7 Å². The summed E-state index contributed by atoms with van der Waals surface area (Å²) in [5.41, 5.74) is 0.504. The number of carbonyl (C=O) groups excluding carboxylic acids is 2. The largest absolute Gasteiger partial charge is 0.464 e.